The summed E-state index contributed by atoms with van der Waals surface area (Å²) in [6.07, 6.45) is 0.643. The molecule has 1 saturated heterocycles. The Morgan fingerprint density at radius 2 is 2.00 bits per heavy atom. The van der Waals surface area contributed by atoms with Crippen molar-refractivity contribution in [2.45, 2.75) is 18.9 Å². The van der Waals surface area contributed by atoms with E-state index in [0.29, 0.717) is 12.4 Å². The van der Waals surface area contributed by atoms with Gasteiger partial charge in [-0.15, -0.1) is 0 Å². The highest BCUT2D eigenvalue weighted by molar-refractivity contribution is 6.09. The van der Waals surface area contributed by atoms with Crippen LogP contribution in [0.3, 0.4) is 0 Å². The van der Waals surface area contributed by atoms with Crippen molar-refractivity contribution in [3.05, 3.63) is 29.8 Å². The van der Waals surface area contributed by atoms with Gasteiger partial charge in [-0.05, 0) is 24.1 Å². The highest BCUT2D eigenvalue weighted by Crippen LogP contribution is 2.29. The van der Waals surface area contributed by atoms with Gasteiger partial charge in [0.15, 0.2) is 5.96 Å². The molecule has 1 unspecified atom stereocenters. The van der Waals surface area contributed by atoms with Crippen molar-refractivity contribution >= 4 is 11.9 Å². The van der Waals surface area contributed by atoms with Crippen LogP contribution in [0.4, 0.5) is 0 Å². The smallest absolute Gasteiger partial charge is 0.257 e. The van der Waals surface area contributed by atoms with E-state index in [1.165, 1.54) is 0 Å². The van der Waals surface area contributed by atoms with E-state index in [4.69, 9.17) is 4.74 Å². The molecule has 1 amide bonds. The van der Waals surface area contributed by atoms with Crippen molar-refractivity contribution in [2.24, 2.45) is 4.99 Å². The van der Waals surface area contributed by atoms with E-state index in [1.54, 1.807) is 14.2 Å². The van der Waals surface area contributed by atoms with E-state index >= 15 is 0 Å². The van der Waals surface area contributed by atoms with Gasteiger partial charge in [-0.1, -0.05) is 19.1 Å². The van der Waals surface area contributed by atoms with Gasteiger partial charge in [0.25, 0.3) is 5.91 Å². The molecule has 2 N–H and O–H groups in total. The van der Waals surface area contributed by atoms with Crippen LogP contribution < -0.4 is 15.4 Å². The average Bonchev–Trinajstić information content (AvgIpc) is 2.76. The van der Waals surface area contributed by atoms with Crippen LogP contribution in [0.5, 0.6) is 5.75 Å². The van der Waals surface area contributed by atoms with Gasteiger partial charge in [-0.3, -0.25) is 15.1 Å². The van der Waals surface area contributed by atoms with Crippen molar-refractivity contribution in [3.8, 4) is 5.75 Å². The van der Waals surface area contributed by atoms with E-state index in [9.17, 15) is 4.79 Å². The van der Waals surface area contributed by atoms with E-state index in [1.807, 2.05) is 31.2 Å². The average molecular weight is 247 g/mol. The maximum Gasteiger partial charge on any atom is 0.257 e. The van der Waals surface area contributed by atoms with Crippen LogP contribution in [-0.2, 0) is 10.3 Å². The quantitative estimate of drug-likeness (QED) is 0.837. The third kappa shape index (κ3) is 1.81. The van der Waals surface area contributed by atoms with Gasteiger partial charge in [0, 0.05) is 7.05 Å². The summed E-state index contributed by atoms with van der Waals surface area (Å²) in [5, 5.41) is 5.90. The predicted octanol–water partition coefficient (Wildman–Crippen LogP) is 1.01. The summed E-state index contributed by atoms with van der Waals surface area (Å²) in [6.45, 7) is 1.97. The minimum Gasteiger partial charge on any atom is -0.497 e. The van der Waals surface area contributed by atoms with Gasteiger partial charge in [0.1, 0.15) is 11.3 Å². The summed E-state index contributed by atoms with van der Waals surface area (Å²) in [5.41, 5.74) is 0.170. The van der Waals surface area contributed by atoms with Gasteiger partial charge in [0.2, 0.25) is 0 Å². The Kier molecular flexibility index (Phi) is 3.23. The number of rotatable bonds is 3. The number of ether oxygens (including phenoxy) is 1. The van der Waals surface area contributed by atoms with Crippen LogP contribution >= 0.6 is 0 Å². The second-order valence-electron chi connectivity index (χ2n) is 4.14. The van der Waals surface area contributed by atoms with Crippen LogP contribution in [0, 0.1) is 0 Å². The Balaban J connectivity index is 2.40. The first-order valence-corrected chi connectivity index (χ1v) is 5.87. The molecule has 96 valence electrons. The molecule has 0 spiro atoms. The molecule has 1 aromatic rings. The van der Waals surface area contributed by atoms with Gasteiger partial charge in [-0.2, -0.15) is 0 Å². The number of carbonyl (C=O) groups excluding carboxylic acids is 1. The Hall–Kier alpha value is -2.04. The van der Waals surface area contributed by atoms with Crippen LogP contribution in [0.25, 0.3) is 0 Å². The van der Waals surface area contributed by atoms with E-state index in [2.05, 4.69) is 15.6 Å². The number of guanidine groups is 1. The topological polar surface area (TPSA) is 62.7 Å². The molecular formula is C13H17N3O2. The maximum absolute atomic E-state index is 12.2. The molecule has 5 heteroatoms. The number of hydrogen-bond acceptors (Lipinski definition) is 3. The van der Waals surface area contributed by atoms with E-state index in [0.717, 1.165) is 11.3 Å². The third-order valence-electron chi connectivity index (χ3n) is 3.29. The predicted molar refractivity (Wildman–Crippen MR) is 69.6 cm³/mol. The number of benzene rings is 1. The molecule has 1 aliphatic rings. The molecule has 1 aromatic carbocycles. The minimum atomic E-state index is -0.735. The first-order chi connectivity index (χ1) is 8.66. The number of amides is 1. The Bertz CT molecular complexity index is 482. The molecular weight excluding hydrogens is 230 g/mol. The van der Waals surface area contributed by atoms with Gasteiger partial charge in [0.05, 0.1) is 7.11 Å². The lowest BCUT2D eigenvalue weighted by atomic mass is 9.87. The lowest BCUT2D eigenvalue weighted by molar-refractivity contribution is -0.124. The molecule has 1 atom stereocenters. The highest BCUT2D eigenvalue weighted by atomic mass is 16.5. The molecule has 1 fully saturated rings. The van der Waals surface area contributed by atoms with Crippen LogP contribution in [0.15, 0.2) is 29.3 Å². The summed E-state index contributed by atoms with van der Waals surface area (Å²) < 4.78 is 5.12. The summed E-state index contributed by atoms with van der Waals surface area (Å²) in [4.78, 5) is 16.2. The van der Waals surface area contributed by atoms with Gasteiger partial charge in [-0.25, -0.2) is 0 Å². The monoisotopic (exact) mass is 247 g/mol. The largest absolute Gasteiger partial charge is 0.497 e. The number of nitrogens with one attached hydrogen (secondary N) is 2. The maximum atomic E-state index is 12.2. The second kappa shape index (κ2) is 4.68. The number of hydrogen-bond donors (Lipinski definition) is 2. The molecule has 5 nitrogen and oxygen atoms in total. The van der Waals surface area contributed by atoms with Crippen molar-refractivity contribution in [3.63, 3.8) is 0 Å². The fourth-order valence-electron chi connectivity index (χ4n) is 2.15. The zero-order chi connectivity index (χ0) is 13.2. The normalized spacial score (nSPS) is 24.8. The van der Waals surface area contributed by atoms with Gasteiger partial charge >= 0.3 is 0 Å². The van der Waals surface area contributed by atoms with Crippen LogP contribution in [-0.4, -0.2) is 26.0 Å². The molecule has 18 heavy (non-hydrogen) atoms. The molecule has 1 heterocycles. The summed E-state index contributed by atoms with van der Waals surface area (Å²) in [7, 11) is 3.26. The van der Waals surface area contributed by atoms with Crippen molar-refractivity contribution < 1.29 is 9.53 Å². The van der Waals surface area contributed by atoms with Crippen molar-refractivity contribution in [1.82, 2.24) is 10.6 Å². The molecule has 2 rings (SSSR count). The van der Waals surface area contributed by atoms with Crippen molar-refractivity contribution in [2.75, 3.05) is 14.2 Å². The molecule has 0 saturated carbocycles. The van der Waals surface area contributed by atoms with Crippen molar-refractivity contribution in [1.29, 1.82) is 0 Å². The van der Waals surface area contributed by atoms with Crippen LogP contribution in [0.2, 0.25) is 0 Å². The minimum absolute atomic E-state index is 0.0734. The first-order valence-electron chi connectivity index (χ1n) is 5.87. The Morgan fingerprint density at radius 3 is 2.44 bits per heavy atom. The Labute approximate surface area is 106 Å². The fraction of sp³-hybridized carbons (Fsp3) is 0.385. The number of carbonyl (C=O) groups is 1. The Morgan fingerprint density at radius 1 is 1.33 bits per heavy atom. The highest BCUT2D eigenvalue weighted by Gasteiger charge is 2.44. The number of aliphatic imine (C=N–C) groups is 1. The zero-order valence-corrected chi connectivity index (χ0v) is 10.8. The third-order valence-corrected chi connectivity index (χ3v) is 3.29. The van der Waals surface area contributed by atoms with Crippen LogP contribution in [0.1, 0.15) is 18.9 Å². The standard InChI is InChI=1S/C13H17N3O2/c1-4-13(11(17)15-12(14-2)16-13)9-5-7-10(18-3)8-6-9/h5-8H,4H2,1-3H3,(H2,14,15,16,17). The lowest BCUT2D eigenvalue weighted by Crippen LogP contribution is -2.43. The zero-order valence-electron chi connectivity index (χ0n) is 10.8. The molecule has 0 bridgehead atoms. The molecule has 0 aliphatic carbocycles. The summed E-state index contributed by atoms with van der Waals surface area (Å²) >= 11 is 0. The number of methoxy groups -OCH3 is 1. The summed E-state index contributed by atoms with van der Waals surface area (Å²) in [5.74, 6) is 1.21. The first kappa shape index (κ1) is 12.4. The molecule has 0 aromatic heterocycles. The lowest BCUT2D eigenvalue weighted by Gasteiger charge is -2.25. The second-order valence-corrected chi connectivity index (χ2v) is 4.14. The fourth-order valence-corrected chi connectivity index (χ4v) is 2.15. The summed E-state index contributed by atoms with van der Waals surface area (Å²) in [6, 6.07) is 7.49. The number of nitrogens with zero attached hydrogens (tertiary/aromatic N) is 1. The van der Waals surface area contributed by atoms with E-state index in [-0.39, 0.29) is 5.91 Å². The van der Waals surface area contributed by atoms with E-state index < -0.39 is 5.54 Å². The van der Waals surface area contributed by atoms with Gasteiger partial charge < -0.3 is 10.1 Å². The molecule has 0 radical (unpaired) electrons. The SMILES string of the molecule is CCC1(c2ccc(OC)cc2)NC(=NC)NC1=O. The molecule has 1 aliphatic heterocycles.